The fourth-order valence-corrected chi connectivity index (χ4v) is 4.18. The number of hydrogen-bond donors (Lipinski definition) is 2. The minimum absolute atomic E-state index is 0.164. The lowest BCUT2D eigenvalue weighted by Gasteiger charge is -2.19. The fourth-order valence-electron chi connectivity index (χ4n) is 3.18. The number of nitrogens with two attached hydrogens (primary N) is 1. The van der Waals surface area contributed by atoms with Crippen molar-refractivity contribution in [2.45, 2.75) is 49.3 Å². The summed E-state index contributed by atoms with van der Waals surface area (Å²) in [4.78, 5) is 28.6. The number of carbonyl (C=O) groups excluding carboxylic acids is 2. The Morgan fingerprint density at radius 3 is 2.64 bits per heavy atom. The molecule has 2 aromatic rings. The number of fused-ring (bicyclic) bond motifs is 1. The van der Waals surface area contributed by atoms with Crippen molar-refractivity contribution in [1.82, 2.24) is 4.98 Å². The number of benzene rings is 1. The molecule has 0 radical (unpaired) electrons. The van der Waals surface area contributed by atoms with E-state index in [0.29, 0.717) is 28.3 Å². The highest BCUT2D eigenvalue weighted by molar-refractivity contribution is 8.00. The van der Waals surface area contributed by atoms with Gasteiger partial charge in [-0.2, -0.15) is 5.26 Å². The van der Waals surface area contributed by atoms with E-state index < -0.39 is 5.91 Å². The van der Waals surface area contributed by atoms with Crippen LogP contribution in [-0.4, -0.2) is 22.0 Å². The van der Waals surface area contributed by atoms with Crippen molar-refractivity contribution < 1.29 is 9.59 Å². The van der Waals surface area contributed by atoms with Gasteiger partial charge in [0.15, 0.2) is 0 Å². The Balaban J connectivity index is 1.75. The van der Waals surface area contributed by atoms with Gasteiger partial charge in [0.1, 0.15) is 11.1 Å². The smallest absolute Gasteiger partial charge is 0.248 e. The zero-order valence-corrected chi connectivity index (χ0v) is 16.5. The molecule has 0 saturated heterocycles. The van der Waals surface area contributed by atoms with E-state index in [1.54, 1.807) is 24.3 Å². The fraction of sp³-hybridized carbons (Fsp3) is 0.333. The Kier molecular flexibility index (Phi) is 6.32. The Bertz CT molecular complexity index is 935. The number of carbonyl (C=O) groups is 2. The van der Waals surface area contributed by atoms with Gasteiger partial charge >= 0.3 is 0 Å². The van der Waals surface area contributed by atoms with Crippen LogP contribution < -0.4 is 11.1 Å². The van der Waals surface area contributed by atoms with Crippen molar-refractivity contribution in [3.63, 3.8) is 0 Å². The van der Waals surface area contributed by atoms with Gasteiger partial charge in [0.05, 0.1) is 10.8 Å². The summed E-state index contributed by atoms with van der Waals surface area (Å²) in [5.74, 6) is -0.676. The third-order valence-electron chi connectivity index (χ3n) is 4.74. The van der Waals surface area contributed by atoms with Crippen LogP contribution in [0.1, 0.15) is 53.4 Å². The Hall–Kier alpha value is -2.85. The maximum Gasteiger partial charge on any atom is 0.248 e. The quantitative estimate of drug-likeness (QED) is 0.730. The van der Waals surface area contributed by atoms with Gasteiger partial charge in [0, 0.05) is 16.9 Å². The average Bonchev–Trinajstić information content (AvgIpc) is 2.71. The van der Waals surface area contributed by atoms with Crippen LogP contribution >= 0.6 is 11.8 Å². The summed E-state index contributed by atoms with van der Waals surface area (Å²) in [5, 5.41) is 12.6. The van der Waals surface area contributed by atoms with Gasteiger partial charge in [-0.15, -0.1) is 0 Å². The van der Waals surface area contributed by atoms with Crippen LogP contribution in [-0.2, 0) is 17.6 Å². The summed E-state index contributed by atoms with van der Waals surface area (Å²) in [6.07, 6.45) is 4.71. The summed E-state index contributed by atoms with van der Waals surface area (Å²) in [6.45, 7) is 1.93. The Morgan fingerprint density at radius 1 is 1.29 bits per heavy atom. The second kappa shape index (κ2) is 8.89. The van der Waals surface area contributed by atoms with Gasteiger partial charge in [-0.3, -0.25) is 9.59 Å². The van der Waals surface area contributed by atoms with E-state index in [4.69, 9.17) is 10.7 Å². The lowest BCUT2D eigenvalue weighted by molar-refractivity contribution is -0.115. The molecule has 144 valence electrons. The first-order chi connectivity index (χ1) is 13.5. The molecule has 0 saturated carbocycles. The van der Waals surface area contributed by atoms with Crippen molar-refractivity contribution >= 4 is 29.3 Å². The molecule has 0 aliphatic heterocycles. The Morgan fingerprint density at radius 2 is 2.00 bits per heavy atom. The van der Waals surface area contributed by atoms with Crippen molar-refractivity contribution in [2.75, 3.05) is 5.32 Å². The number of nitrogens with one attached hydrogen (secondary N) is 1. The van der Waals surface area contributed by atoms with Crippen LogP contribution in [0.5, 0.6) is 0 Å². The summed E-state index contributed by atoms with van der Waals surface area (Å²) in [5.41, 5.74) is 8.94. The molecule has 1 atom stereocenters. The molecular weight excluding hydrogens is 372 g/mol. The largest absolute Gasteiger partial charge is 0.366 e. The molecule has 2 amide bonds. The number of nitrogens with zero attached hydrogens (tertiary/aromatic N) is 2. The second-order valence-corrected chi connectivity index (χ2v) is 7.90. The van der Waals surface area contributed by atoms with Gasteiger partial charge in [0.25, 0.3) is 0 Å². The van der Waals surface area contributed by atoms with E-state index in [9.17, 15) is 14.9 Å². The lowest BCUT2D eigenvalue weighted by Crippen LogP contribution is -2.25. The number of thioether (sulfide) groups is 1. The van der Waals surface area contributed by atoms with Crippen LogP contribution in [0.2, 0.25) is 0 Å². The first kappa shape index (κ1) is 19.9. The topological polar surface area (TPSA) is 109 Å². The van der Waals surface area contributed by atoms with E-state index in [2.05, 4.69) is 11.4 Å². The van der Waals surface area contributed by atoms with E-state index >= 15 is 0 Å². The predicted octanol–water partition coefficient (Wildman–Crippen LogP) is 3.44. The number of anilines is 1. The SMILES string of the molecule is CCC(Sc1nc2c(cc1C#N)CCCC2)C(=O)Nc1ccc(C(N)=O)cc1. The second-order valence-electron chi connectivity index (χ2n) is 6.71. The van der Waals surface area contributed by atoms with Gasteiger partial charge in [-0.25, -0.2) is 4.98 Å². The number of rotatable bonds is 6. The van der Waals surface area contributed by atoms with Crippen molar-refractivity contribution in [1.29, 1.82) is 5.26 Å². The van der Waals surface area contributed by atoms with Crippen LogP contribution in [0.25, 0.3) is 0 Å². The molecule has 1 unspecified atom stereocenters. The highest BCUT2D eigenvalue weighted by Gasteiger charge is 2.23. The number of nitriles is 1. The zero-order valence-electron chi connectivity index (χ0n) is 15.7. The third-order valence-corrected chi connectivity index (χ3v) is 6.11. The molecule has 1 aromatic heterocycles. The normalized spacial score (nSPS) is 13.9. The van der Waals surface area contributed by atoms with Crippen LogP contribution in [0.15, 0.2) is 35.4 Å². The van der Waals surface area contributed by atoms with Crippen LogP contribution in [0, 0.1) is 11.3 Å². The van der Waals surface area contributed by atoms with E-state index in [1.807, 2.05) is 13.0 Å². The van der Waals surface area contributed by atoms with Gasteiger partial charge in [-0.05, 0) is 68.0 Å². The van der Waals surface area contributed by atoms with Crippen LogP contribution in [0.4, 0.5) is 5.69 Å². The molecule has 6 nitrogen and oxygen atoms in total. The number of aryl methyl sites for hydroxylation is 2. The Labute approximate surface area is 168 Å². The zero-order chi connectivity index (χ0) is 20.1. The summed E-state index contributed by atoms with van der Waals surface area (Å²) in [6, 6.07) is 10.6. The van der Waals surface area contributed by atoms with Crippen molar-refractivity contribution in [3.05, 3.63) is 52.7 Å². The van der Waals surface area contributed by atoms with Gasteiger partial charge < -0.3 is 11.1 Å². The lowest BCUT2D eigenvalue weighted by atomic mass is 9.95. The highest BCUT2D eigenvalue weighted by atomic mass is 32.2. The molecule has 7 heteroatoms. The first-order valence-corrected chi connectivity index (χ1v) is 10.2. The maximum atomic E-state index is 12.7. The molecule has 1 aromatic carbocycles. The predicted molar refractivity (Wildman–Crippen MR) is 109 cm³/mol. The van der Waals surface area contributed by atoms with Crippen LogP contribution in [0.3, 0.4) is 0 Å². The molecule has 3 N–H and O–H groups in total. The highest BCUT2D eigenvalue weighted by Crippen LogP contribution is 2.31. The van der Waals surface area contributed by atoms with Gasteiger partial charge in [0.2, 0.25) is 11.8 Å². The summed E-state index contributed by atoms with van der Waals surface area (Å²) in [7, 11) is 0. The van der Waals surface area contributed by atoms with E-state index in [1.165, 1.54) is 11.8 Å². The minimum atomic E-state index is -0.512. The molecule has 1 aliphatic rings. The molecule has 0 spiro atoms. The van der Waals surface area contributed by atoms with Crippen molar-refractivity contribution in [2.24, 2.45) is 5.73 Å². The molecular formula is C21H22N4O2S. The number of amides is 2. The maximum absolute atomic E-state index is 12.7. The number of primary amides is 1. The average molecular weight is 395 g/mol. The molecule has 0 fully saturated rings. The van der Waals surface area contributed by atoms with E-state index in [0.717, 1.165) is 36.9 Å². The minimum Gasteiger partial charge on any atom is -0.366 e. The molecule has 0 bridgehead atoms. The standard InChI is InChI=1S/C21H22N4O2S/c1-2-18(20(27)24-16-9-7-13(8-10-16)19(23)26)28-21-15(12-22)11-14-5-3-4-6-17(14)25-21/h7-11,18H,2-6H2,1H3,(H2,23,26)(H,24,27). The number of hydrogen-bond acceptors (Lipinski definition) is 5. The molecule has 28 heavy (non-hydrogen) atoms. The van der Waals surface area contributed by atoms with Crippen molar-refractivity contribution in [3.8, 4) is 6.07 Å². The molecule has 3 rings (SSSR count). The summed E-state index contributed by atoms with van der Waals surface area (Å²) < 4.78 is 0. The monoisotopic (exact) mass is 394 g/mol. The third kappa shape index (κ3) is 4.52. The number of aromatic nitrogens is 1. The first-order valence-electron chi connectivity index (χ1n) is 9.32. The van der Waals surface area contributed by atoms with E-state index in [-0.39, 0.29) is 11.2 Å². The summed E-state index contributed by atoms with van der Waals surface area (Å²) >= 11 is 1.33. The van der Waals surface area contributed by atoms with Gasteiger partial charge in [-0.1, -0.05) is 18.7 Å². The number of pyridine rings is 1. The molecule has 1 aliphatic carbocycles. The molecule has 1 heterocycles.